The van der Waals surface area contributed by atoms with Crippen molar-refractivity contribution in [2.75, 3.05) is 20.2 Å². The van der Waals surface area contributed by atoms with Crippen molar-refractivity contribution in [2.24, 2.45) is 0 Å². The predicted octanol–water partition coefficient (Wildman–Crippen LogP) is 5.24. The smallest absolute Gasteiger partial charge is 0.274 e. The second-order valence-corrected chi connectivity index (χ2v) is 8.57. The number of carbonyl (C=O) groups is 1. The van der Waals surface area contributed by atoms with Crippen LogP contribution in [0.4, 0.5) is 0 Å². The normalized spacial score (nSPS) is 15.9. The summed E-state index contributed by atoms with van der Waals surface area (Å²) < 4.78 is 7.40. The Kier molecular flexibility index (Phi) is 5.30. The van der Waals surface area contributed by atoms with Gasteiger partial charge in [0.1, 0.15) is 5.75 Å². The van der Waals surface area contributed by atoms with E-state index in [0.717, 1.165) is 34.0 Å². The molecule has 31 heavy (non-hydrogen) atoms. The lowest BCUT2D eigenvalue weighted by Gasteiger charge is -2.17. The number of para-hydroxylation sites is 2. The van der Waals surface area contributed by atoms with Gasteiger partial charge in [-0.05, 0) is 47.7 Å². The molecule has 1 atom stereocenters. The molecule has 0 N–H and O–H groups in total. The Bertz CT molecular complexity index is 1180. The largest absolute Gasteiger partial charge is 0.496 e. The summed E-state index contributed by atoms with van der Waals surface area (Å²) in [5.74, 6) is 1.13. The van der Waals surface area contributed by atoms with E-state index in [2.05, 4.69) is 12.1 Å². The molecule has 156 valence electrons. The van der Waals surface area contributed by atoms with Gasteiger partial charge in [-0.2, -0.15) is 5.10 Å². The van der Waals surface area contributed by atoms with E-state index in [4.69, 9.17) is 9.84 Å². The van der Waals surface area contributed by atoms with Crippen LogP contribution in [-0.2, 0) is 0 Å². The number of ether oxygens (including phenoxy) is 1. The molecule has 6 heteroatoms. The van der Waals surface area contributed by atoms with Crippen LogP contribution in [0, 0.1) is 0 Å². The topological polar surface area (TPSA) is 47.4 Å². The van der Waals surface area contributed by atoms with Crippen molar-refractivity contribution in [1.82, 2.24) is 14.7 Å². The van der Waals surface area contributed by atoms with Gasteiger partial charge in [-0.3, -0.25) is 4.79 Å². The number of benzene rings is 2. The van der Waals surface area contributed by atoms with E-state index in [1.165, 1.54) is 0 Å². The van der Waals surface area contributed by atoms with Gasteiger partial charge < -0.3 is 9.64 Å². The fourth-order valence-electron chi connectivity index (χ4n) is 4.22. The van der Waals surface area contributed by atoms with Crippen LogP contribution in [0.15, 0.2) is 78.2 Å². The molecule has 1 unspecified atom stereocenters. The van der Waals surface area contributed by atoms with Crippen LogP contribution in [0.5, 0.6) is 5.75 Å². The SMILES string of the molecule is COc1ccccc1C1CCN(C(=O)c2cc(-c3cccs3)n(-c3ccccc3)n2)C1. The van der Waals surface area contributed by atoms with Crippen molar-refractivity contribution in [2.45, 2.75) is 12.3 Å². The number of hydrogen-bond acceptors (Lipinski definition) is 4. The van der Waals surface area contributed by atoms with Crippen LogP contribution in [0.2, 0.25) is 0 Å². The minimum Gasteiger partial charge on any atom is -0.496 e. The van der Waals surface area contributed by atoms with Crippen LogP contribution in [0.1, 0.15) is 28.4 Å². The van der Waals surface area contributed by atoms with Crippen LogP contribution in [-0.4, -0.2) is 40.8 Å². The Morgan fingerprint density at radius 1 is 1.06 bits per heavy atom. The monoisotopic (exact) mass is 429 g/mol. The van der Waals surface area contributed by atoms with Crippen LogP contribution >= 0.6 is 11.3 Å². The highest BCUT2D eigenvalue weighted by Crippen LogP contribution is 2.34. The van der Waals surface area contributed by atoms with Gasteiger partial charge in [-0.15, -0.1) is 11.3 Å². The molecule has 4 aromatic rings. The lowest BCUT2D eigenvalue weighted by molar-refractivity contribution is 0.0784. The van der Waals surface area contributed by atoms with Crippen molar-refractivity contribution < 1.29 is 9.53 Å². The fourth-order valence-corrected chi connectivity index (χ4v) is 4.94. The van der Waals surface area contributed by atoms with Gasteiger partial charge >= 0.3 is 0 Å². The summed E-state index contributed by atoms with van der Waals surface area (Å²) in [6, 6.07) is 24.0. The molecule has 0 radical (unpaired) electrons. The Hall–Kier alpha value is -3.38. The number of rotatable bonds is 5. The highest BCUT2D eigenvalue weighted by atomic mass is 32.1. The average molecular weight is 430 g/mol. The highest BCUT2D eigenvalue weighted by Gasteiger charge is 2.31. The molecule has 5 nitrogen and oxygen atoms in total. The molecular formula is C25H23N3O2S. The summed E-state index contributed by atoms with van der Waals surface area (Å²) in [6.07, 6.45) is 0.920. The molecule has 0 aliphatic carbocycles. The van der Waals surface area contributed by atoms with E-state index in [-0.39, 0.29) is 11.8 Å². The van der Waals surface area contributed by atoms with Gasteiger partial charge in [0.2, 0.25) is 0 Å². The van der Waals surface area contributed by atoms with Gasteiger partial charge in [-0.25, -0.2) is 4.68 Å². The quantitative estimate of drug-likeness (QED) is 0.436. The van der Waals surface area contributed by atoms with Crippen LogP contribution < -0.4 is 4.74 Å². The zero-order valence-electron chi connectivity index (χ0n) is 17.3. The number of methoxy groups -OCH3 is 1. The average Bonchev–Trinajstić information content (AvgIpc) is 3.59. The first kappa shape index (κ1) is 19.6. The van der Waals surface area contributed by atoms with Crippen LogP contribution in [0.3, 0.4) is 0 Å². The lowest BCUT2D eigenvalue weighted by Crippen LogP contribution is -2.29. The van der Waals surface area contributed by atoms with Gasteiger partial charge in [-0.1, -0.05) is 42.5 Å². The Morgan fingerprint density at radius 2 is 1.87 bits per heavy atom. The van der Waals surface area contributed by atoms with Crippen molar-refractivity contribution in [3.63, 3.8) is 0 Å². The van der Waals surface area contributed by atoms with Gasteiger partial charge in [0.05, 0.1) is 23.4 Å². The molecule has 2 aromatic carbocycles. The molecule has 1 fully saturated rings. The van der Waals surface area contributed by atoms with E-state index in [0.29, 0.717) is 18.8 Å². The molecule has 5 rings (SSSR count). The zero-order valence-corrected chi connectivity index (χ0v) is 18.1. The van der Waals surface area contributed by atoms with Crippen LogP contribution in [0.25, 0.3) is 16.3 Å². The summed E-state index contributed by atoms with van der Waals surface area (Å²) >= 11 is 1.64. The van der Waals surface area contributed by atoms with E-state index < -0.39 is 0 Å². The summed E-state index contributed by atoms with van der Waals surface area (Å²) in [6.45, 7) is 1.39. The maximum atomic E-state index is 13.4. The number of aromatic nitrogens is 2. The molecule has 1 amide bonds. The molecular weight excluding hydrogens is 406 g/mol. The summed E-state index contributed by atoms with van der Waals surface area (Å²) in [5.41, 5.74) is 3.52. The molecule has 2 aromatic heterocycles. The molecule has 0 spiro atoms. The molecule has 3 heterocycles. The number of likely N-dealkylation sites (tertiary alicyclic amines) is 1. The Labute approximate surface area is 185 Å². The number of thiophene rings is 1. The third kappa shape index (κ3) is 3.75. The first-order valence-corrected chi connectivity index (χ1v) is 11.2. The second-order valence-electron chi connectivity index (χ2n) is 7.62. The van der Waals surface area contributed by atoms with Crippen molar-refractivity contribution in [3.05, 3.63) is 89.4 Å². The molecule has 1 saturated heterocycles. The molecule has 1 aliphatic heterocycles. The van der Waals surface area contributed by atoms with Crippen molar-refractivity contribution in [3.8, 4) is 22.0 Å². The minimum absolute atomic E-state index is 0.0233. The fraction of sp³-hybridized carbons (Fsp3) is 0.200. The van der Waals surface area contributed by atoms with Gasteiger partial charge in [0.15, 0.2) is 5.69 Å². The van der Waals surface area contributed by atoms with E-state index in [9.17, 15) is 4.79 Å². The third-order valence-corrected chi connectivity index (χ3v) is 6.65. The lowest BCUT2D eigenvalue weighted by atomic mass is 9.97. The summed E-state index contributed by atoms with van der Waals surface area (Å²) in [5, 5.41) is 6.76. The highest BCUT2D eigenvalue weighted by molar-refractivity contribution is 7.13. The second kappa shape index (κ2) is 8.40. The number of hydrogen-bond donors (Lipinski definition) is 0. The number of amides is 1. The number of carbonyl (C=O) groups excluding carboxylic acids is 1. The maximum Gasteiger partial charge on any atom is 0.274 e. The van der Waals surface area contributed by atoms with Crippen molar-refractivity contribution >= 4 is 17.2 Å². The first-order valence-electron chi connectivity index (χ1n) is 10.4. The molecule has 0 bridgehead atoms. The zero-order chi connectivity index (χ0) is 21.2. The van der Waals surface area contributed by atoms with E-state index in [1.807, 2.05) is 75.6 Å². The third-order valence-electron chi connectivity index (χ3n) is 5.76. The summed E-state index contributed by atoms with van der Waals surface area (Å²) in [7, 11) is 1.69. The van der Waals surface area contributed by atoms with E-state index in [1.54, 1.807) is 18.4 Å². The van der Waals surface area contributed by atoms with E-state index >= 15 is 0 Å². The van der Waals surface area contributed by atoms with Crippen molar-refractivity contribution in [1.29, 1.82) is 0 Å². The minimum atomic E-state index is -0.0233. The number of nitrogens with zero attached hydrogens (tertiary/aromatic N) is 3. The summed E-state index contributed by atoms with van der Waals surface area (Å²) in [4.78, 5) is 16.4. The standard InChI is InChI=1S/C25H23N3O2S/c1-30-23-11-6-5-10-20(23)18-13-14-27(17-18)25(29)21-16-22(24-12-7-15-31-24)28(26-21)19-8-3-2-4-9-19/h2-12,15-16,18H,13-14,17H2,1H3. The maximum absolute atomic E-state index is 13.4. The molecule has 1 aliphatic rings. The first-order chi connectivity index (χ1) is 15.2. The molecule has 0 saturated carbocycles. The predicted molar refractivity (Wildman–Crippen MR) is 123 cm³/mol. The Morgan fingerprint density at radius 3 is 2.65 bits per heavy atom. The van der Waals surface area contributed by atoms with Gasteiger partial charge in [0, 0.05) is 19.0 Å². The van der Waals surface area contributed by atoms with Gasteiger partial charge in [0.25, 0.3) is 5.91 Å². The Balaban J connectivity index is 1.44.